The summed E-state index contributed by atoms with van der Waals surface area (Å²) in [5, 5.41) is 5.21. The van der Waals surface area contributed by atoms with Gasteiger partial charge in [-0.25, -0.2) is 19.2 Å². The molecule has 3 N–H and O–H groups in total. The standard InChI is InChI=1S/C43H50F4N8O6/c1-24(2)36(52-41(59)60-7)39(57)55-23-29(44)19-33(55)37-49-21-32(51-37)27-10-8-26(9-11-27)31-14-12-28(18-34(31)61-43(45,46)47)38(56)50-30-13-15-35(48-20-30)54-17-16-53(22-25(54)3)40(58)42(4,5)6/h8-15,18,20-21,24-25,29,33,36H,16-17,19,22-23H2,1-7H3,(H,49,51)(H,50,56)(H,52,59)/t25-,29-,33+,36+/m1/s1. The molecule has 326 valence electrons. The maximum Gasteiger partial charge on any atom is 0.573 e. The molecule has 0 unspecified atom stereocenters. The monoisotopic (exact) mass is 850 g/mol. The molecule has 6 rings (SSSR count). The number of benzene rings is 2. The van der Waals surface area contributed by atoms with Crippen LogP contribution in [0.5, 0.6) is 5.75 Å². The Labute approximate surface area is 351 Å². The lowest BCUT2D eigenvalue weighted by Crippen LogP contribution is -2.56. The molecule has 2 aromatic carbocycles. The molecule has 4 amide bonds. The molecule has 4 aromatic rings. The van der Waals surface area contributed by atoms with Gasteiger partial charge >= 0.3 is 12.5 Å². The lowest BCUT2D eigenvalue weighted by atomic mass is 9.94. The van der Waals surface area contributed by atoms with Crippen molar-refractivity contribution < 1.29 is 46.2 Å². The third-order valence-electron chi connectivity index (χ3n) is 10.7. The number of hydrogen-bond acceptors (Lipinski definition) is 9. The number of pyridine rings is 1. The number of hydrogen-bond donors (Lipinski definition) is 3. The molecule has 0 saturated carbocycles. The number of amides is 4. The lowest BCUT2D eigenvalue weighted by Gasteiger charge is -2.42. The minimum Gasteiger partial charge on any atom is -0.453 e. The van der Waals surface area contributed by atoms with Crippen molar-refractivity contribution in [3.8, 4) is 28.1 Å². The van der Waals surface area contributed by atoms with E-state index in [0.717, 1.165) is 6.07 Å². The van der Waals surface area contributed by atoms with Crippen molar-refractivity contribution >= 4 is 35.3 Å². The van der Waals surface area contributed by atoms with Crippen LogP contribution >= 0.6 is 0 Å². The summed E-state index contributed by atoms with van der Waals surface area (Å²) in [6, 6.07) is 11.9. The molecule has 0 spiro atoms. The summed E-state index contributed by atoms with van der Waals surface area (Å²) in [7, 11) is 1.18. The van der Waals surface area contributed by atoms with E-state index in [9.17, 15) is 36.7 Å². The van der Waals surface area contributed by atoms with Gasteiger partial charge in [-0.05, 0) is 54.3 Å². The average molecular weight is 851 g/mol. The van der Waals surface area contributed by atoms with Crippen LogP contribution in [0.3, 0.4) is 0 Å². The van der Waals surface area contributed by atoms with Gasteiger partial charge < -0.3 is 39.8 Å². The quantitative estimate of drug-likeness (QED) is 0.139. The Morgan fingerprint density at radius 2 is 1.62 bits per heavy atom. The third kappa shape index (κ3) is 10.4. The molecule has 2 aliphatic heterocycles. The van der Waals surface area contributed by atoms with Crippen LogP contribution in [0.25, 0.3) is 22.4 Å². The number of carbonyl (C=O) groups excluding carboxylic acids is 4. The second-order valence-electron chi connectivity index (χ2n) is 16.6. The Balaban J connectivity index is 1.15. The number of ether oxygens (including phenoxy) is 2. The highest BCUT2D eigenvalue weighted by atomic mass is 19.4. The normalized spacial score (nSPS) is 18.8. The van der Waals surface area contributed by atoms with Crippen molar-refractivity contribution in [2.24, 2.45) is 11.3 Å². The highest BCUT2D eigenvalue weighted by molar-refractivity contribution is 6.05. The third-order valence-corrected chi connectivity index (χ3v) is 10.7. The first-order valence-corrected chi connectivity index (χ1v) is 19.9. The van der Waals surface area contributed by atoms with Gasteiger partial charge in [0.2, 0.25) is 11.8 Å². The van der Waals surface area contributed by atoms with Crippen molar-refractivity contribution in [2.45, 2.75) is 78.6 Å². The van der Waals surface area contributed by atoms with Crippen LogP contribution in [0.2, 0.25) is 0 Å². The second kappa shape index (κ2) is 17.8. The van der Waals surface area contributed by atoms with Crippen molar-refractivity contribution in [3.63, 3.8) is 0 Å². The van der Waals surface area contributed by atoms with Crippen LogP contribution in [0.15, 0.2) is 67.0 Å². The zero-order chi connectivity index (χ0) is 44.4. The fraction of sp³-hybridized carbons (Fsp3) is 0.442. The summed E-state index contributed by atoms with van der Waals surface area (Å²) in [4.78, 5) is 68.9. The zero-order valence-electron chi connectivity index (χ0n) is 35.0. The zero-order valence-corrected chi connectivity index (χ0v) is 35.0. The molecule has 18 heteroatoms. The number of halogens is 4. The Bertz CT molecular complexity index is 2220. The van der Waals surface area contributed by atoms with Crippen LogP contribution in [0.1, 0.15) is 70.2 Å². The number of nitrogens with zero attached hydrogens (tertiary/aromatic N) is 5. The molecule has 14 nitrogen and oxygen atoms in total. The first kappa shape index (κ1) is 44.4. The number of likely N-dealkylation sites (tertiary alicyclic amines) is 1. The fourth-order valence-corrected chi connectivity index (χ4v) is 7.55. The van der Waals surface area contributed by atoms with Gasteiger partial charge in [0, 0.05) is 48.6 Å². The molecule has 0 aliphatic carbocycles. The summed E-state index contributed by atoms with van der Waals surface area (Å²) in [6.07, 6.45) is -4.20. The van der Waals surface area contributed by atoms with E-state index in [0.29, 0.717) is 53.8 Å². The molecule has 0 bridgehead atoms. The topological polar surface area (TPSA) is 162 Å². The Hall–Kier alpha value is -6.20. The second-order valence-corrected chi connectivity index (χ2v) is 16.6. The van der Waals surface area contributed by atoms with Crippen molar-refractivity contribution in [2.75, 3.05) is 43.5 Å². The van der Waals surface area contributed by atoms with Gasteiger partial charge in [-0.2, -0.15) is 0 Å². The summed E-state index contributed by atoms with van der Waals surface area (Å²) < 4.78 is 64.9. The number of piperazine rings is 1. The summed E-state index contributed by atoms with van der Waals surface area (Å²) in [5.74, 6) is -0.994. The van der Waals surface area contributed by atoms with E-state index in [1.54, 1.807) is 50.2 Å². The molecule has 61 heavy (non-hydrogen) atoms. The number of carbonyl (C=O) groups is 4. The maximum atomic E-state index is 14.8. The van der Waals surface area contributed by atoms with E-state index in [4.69, 9.17) is 0 Å². The van der Waals surface area contributed by atoms with E-state index in [-0.39, 0.29) is 42.0 Å². The minimum atomic E-state index is -5.06. The largest absolute Gasteiger partial charge is 0.573 e. The first-order chi connectivity index (χ1) is 28.7. The number of anilines is 2. The first-order valence-electron chi connectivity index (χ1n) is 19.9. The predicted octanol–water partition coefficient (Wildman–Crippen LogP) is 7.36. The molecular weight excluding hydrogens is 801 g/mol. The van der Waals surface area contributed by atoms with Gasteiger partial charge in [-0.15, -0.1) is 13.2 Å². The van der Waals surface area contributed by atoms with Crippen molar-refractivity contribution in [1.82, 2.24) is 30.1 Å². The Morgan fingerprint density at radius 1 is 0.918 bits per heavy atom. The fourth-order valence-electron chi connectivity index (χ4n) is 7.55. The Kier molecular flexibility index (Phi) is 12.9. The predicted molar refractivity (Wildman–Crippen MR) is 219 cm³/mol. The van der Waals surface area contributed by atoms with E-state index in [2.05, 4.69) is 40.0 Å². The highest BCUT2D eigenvalue weighted by Crippen LogP contribution is 2.38. The van der Waals surface area contributed by atoms with Crippen LogP contribution in [0, 0.1) is 11.3 Å². The van der Waals surface area contributed by atoms with Crippen molar-refractivity contribution in [3.05, 3.63) is 78.4 Å². The number of aromatic amines is 1. The summed E-state index contributed by atoms with van der Waals surface area (Å²) in [5.41, 5.74) is 1.30. The van der Waals surface area contributed by atoms with Gasteiger partial charge in [-0.3, -0.25) is 14.4 Å². The molecule has 2 aromatic heterocycles. The number of H-pyrrole nitrogens is 1. The number of methoxy groups -OCH3 is 1. The van der Waals surface area contributed by atoms with Gasteiger partial charge in [0.25, 0.3) is 5.91 Å². The number of nitrogens with one attached hydrogen (secondary N) is 3. The van der Waals surface area contributed by atoms with E-state index in [1.165, 1.54) is 36.5 Å². The van der Waals surface area contributed by atoms with Gasteiger partial charge in [0.1, 0.15) is 29.6 Å². The molecule has 2 fully saturated rings. The van der Waals surface area contributed by atoms with Gasteiger partial charge in [0.05, 0.1) is 43.5 Å². The number of alkyl carbamates (subject to hydrolysis) is 1. The van der Waals surface area contributed by atoms with Gasteiger partial charge in [0.15, 0.2) is 0 Å². The van der Waals surface area contributed by atoms with Crippen LogP contribution in [-0.4, -0.2) is 106 Å². The number of aromatic nitrogens is 3. The van der Waals surface area contributed by atoms with Crippen LogP contribution in [0.4, 0.5) is 33.9 Å². The van der Waals surface area contributed by atoms with Crippen LogP contribution in [-0.2, 0) is 14.3 Å². The van der Waals surface area contributed by atoms with Gasteiger partial charge in [-0.1, -0.05) is 58.9 Å². The SMILES string of the molecule is COC(=O)N[C@H](C(=O)N1C[C@H](F)C[C@H]1c1ncc(-c2ccc(-c3ccc(C(=O)Nc4ccc(N5CCN(C(=O)C(C)(C)C)C[C@H]5C)nc4)cc3OC(F)(F)F)cc2)[nH]1)C(C)C. The summed E-state index contributed by atoms with van der Waals surface area (Å²) in [6.45, 7) is 12.6. The minimum absolute atomic E-state index is 0.00525. The molecule has 2 saturated heterocycles. The summed E-state index contributed by atoms with van der Waals surface area (Å²) >= 11 is 0. The molecule has 2 aliphatic rings. The molecular formula is C43H50F4N8O6. The average Bonchev–Trinajstić information content (AvgIpc) is 3.86. The van der Waals surface area contributed by atoms with E-state index in [1.807, 2.05) is 32.6 Å². The Morgan fingerprint density at radius 3 is 2.23 bits per heavy atom. The van der Waals surface area contributed by atoms with Crippen molar-refractivity contribution in [1.29, 1.82) is 0 Å². The lowest BCUT2D eigenvalue weighted by molar-refractivity contribution is -0.274. The number of alkyl halides is 4. The van der Waals surface area contributed by atoms with E-state index >= 15 is 0 Å². The molecule has 4 heterocycles. The number of imidazole rings is 1. The molecule has 0 radical (unpaired) electrons. The van der Waals surface area contributed by atoms with Crippen LogP contribution < -0.4 is 20.3 Å². The molecule has 4 atom stereocenters. The smallest absolute Gasteiger partial charge is 0.453 e. The number of rotatable bonds is 10. The van der Waals surface area contributed by atoms with E-state index < -0.39 is 53.7 Å². The maximum absolute atomic E-state index is 14.8. The highest BCUT2D eigenvalue weighted by Gasteiger charge is 2.42.